The molecule has 4 unspecified atom stereocenters. The molecule has 1 rings (SSSR count). The van der Waals surface area contributed by atoms with Crippen LogP contribution in [0.4, 0.5) is 0 Å². The summed E-state index contributed by atoms with van der Waals surface area (Å²) in [4.78, 5) is 14.0. The van der Waals surface area contributed by atoms with Crippen molar-refractivity contribution in [3.63, 3.8) is 0 Å². The van der Waals surface area contributed by atoms with E-state index in [0.717, 1.165) is 19.3 Å². The minimum Gasteiger partial charge on any atom is -0.342 e. The Balaban J connectivity index is 0.00000361. The molecule has 0 aromatic rings. The van der Waals surface area contributed by atoms with Crippen molar-refractivity contribution in [1.82, 2.24) is 4.90 Å². The Hall–Kier alpha value is -0.330. The molecule has 0 bridgehead atoms. The fraction of sp³-hybridized carbons (Fsp3) is 0.923. The number of nitrogens with zero attached hydrogens (tertiary/aromatic N) is 1. The molecule has 0 aromatic carbocycles. The monoisotopic (exact) mass is 326 g/mol. The summed E-state index contributed by atoms with van der Waals surface area (Å²) in [5.74, 6) is -0.0267. The number of halogens is 1. The Labute approximate surface area is 128 Å². The Morgan fingerprint density at radius 1 is 1.30 bits per heavy atom. The average molecular weight is 327 g/mol. The van der Waals surface area contributed by atoms with Gasteiger partial charge in [0.25, 0.3) is 0 Å². The summed E-state index contributed by atoms with van der Waals surface area (Å²) in [6.07, 6.45) is 4.73. The molecule has 4 atom stereocenters. The predicted molar refractivity (Wildman–Crippen MR) is 83.7 cm³/mol. The molecule has 7 heteroatoms. The summed E-state index contributed by atoms with van der Waals surface area (Å²) in [7, 11) is -1.45. The van der Waals surface area contributed by atoms with Crippen molar-refractivity contribution in [2.24, 2.45) is 11.7 Å². The maximum absolute atomic E-state index is 12.4. The lowest BCUT2D eigenvalue weighted by Gasteiger charge is -2.34. The van der Waals surface area contributed by atoms with Gasteiger partial charge in [0.15, 0.2) is 9.84 Å². The molecule has 0 heterocycles. The van der Waals surface area contributed by atoms with Gasteiger partial charge in [0.1, 0.15) is 0 Å². The van der Waals surface area contributed by atoms with Crippen LogP contribution < -0.4 is 5.73 Å². The van der Waals surface area contributed by atoms with Crippen LogP contribution in [-0.4, -0.2) is 49.9 Å². The van der Waals surface area contributed by atoms with Gasteiger partial charge in [-0.05, 0) is 33.1 Å². The van der Waals surface area contributed by atoms with Gasteiger partial charge in [0.2, 0.25) is 5.91 Å². The average Bonchev–Trinajstić information content (AvgIpc) is 2.34. The second-order valence-corrected chi connectivity index (χ2v) is 8.25. The van der Waals surface area contributed by atoms with Gasteiger partial charge in [-0.15, -0.1) is 12.4 Å². The number of rotatable bonds is 4. The standard InChI is InChI=1S/C13H26N2O3S.ClH/c1-9(10(2)19(4,17)18)15(3)13(16)11-6-5-7-12(14)8-11;/h9-12H,5-8,14H2,1-4H3;1H. The Bertz CT molecular complexity index is 427. The molecule has 1 aliphatic carbocycles. The number of nitrogens with two attached hydrogens (primary N) is 1. The molecule has 1 aliphatic rings. The lowest BCUT2D eigenvalue weighted by Crippen LogP contribution is -2.48. The summed E-state index contributed by atoms with van der Waals surface area (Å²) in [6, 6.07) is -0.223. The summed E-state index contributed by atoms with van der Waals surface area (Å²) < 4.78 is 23.1. The van der Waals surface area contributed by atoms with Gasteiger partial charge in [-0.1, -0.05) is 6.42 Å². The van der Waals surface area contributed by atoms with Crippen LogP contribution in [-0.2, 0) is 14.6 Å². The molecule has 0 saturated heterocycles. The molecule has 120 valence electrons. The van der Waals surface area contributed by atoms with E-state index in [1.807, 2.05) is 0 Å². The van der Waals surface area contributed by atoms with E-state index in [1.165, 1.54) is 6.26 Å². The summed E-state index contributed by atoms with van der Waals surface area (Å²) >= 11 is 0. The largest absolute Gasteiger partial charge is 0.342 e. The van der Waals surface area contributed by atoms with Crippen molar-refractivity contribution in [3.05, 3.63) is 0 Å². The Morgan fingerprint density at radius 3 is 2.30 bits per heavy atom. The van der Waals surface area contributed by atoms with Crippen molar-refractivity contribution in [2.75, 3.05) is 13.3 Å². The molecule has 2 N–H and O–H groups in total. The first-order chi connectivity index (χ1) is 8.64. The molecule has 0 aliphatic heterocycles. The highest BCUT2D eigenvalue weighted by molar-refractivity contribution is 7.91. The van der Waals surface area contributed by atoms with E-state index in [1.54, 1.807) is 25.8 Å². The molecular formula is C13H27ClN2O3S. The zero-order valence-electron chi connectivity index (χ0n) is 12.7. The van der Waals surface area contributed by atoms with Crippen molar-refractivity contribution in [3.8, 4) is 0 Å². The number of hydrogen-bond acceptors (Lipinski definition) is 4. The lowest BCUT2D eigenvalue weighted by molar-refractivity contribution is -0.137. The maximum Gasteiger partial charge on any atom is 0.225 e. The van der Waals surface area contributed by atoms with Crippen LogP contribution in [0.25, 0.3) is 0 Å². The van der Waals surface area contributed by atoms with E-state index in [2.05, 4.69) is 0 Å². The van der Waals surface area contributed by atoms with Crippen LogP contribution in [0.3, 0.4) is 0 Å². The number of sulfone groups is 1. The summed E-state index contributed by atoms with van der Waals surface area (Å²) in [5.41, 5.74) is 5.90. The third-order valence-electron chi connectivity index (χ3n) is 4.38. The first-order valence-corrected chi connectivity index (χ1v) is 8.81. The van der Waals surface area contributed by atoms with E-state index >= 15 is 0 Å². The topological polar surface area (TPSA) is 80.5 Å². The molecule has 0 spiro atoms. The molecule has 5 nitrogen and oxygen atoms in total. The summed E-state index contributed by atoms with van der Waals surface area (Å²) in [6.45, 7) is 3.43. The quantitative estimate of drug-likeness (QED) is 0.842. The van der Waals surface area contributed by atoms with E-state index < -0.39 is 15.1 Å². The van der Waals surface area contributed by atoms with Gasteiger partial charge in [-0.3, -0.25) is 4.79 Å². The Kier molecular flexibility index (Phi) is 7.49. The maximum atomic E-state index is 12.4. The van der Waals surface area contributed by atoms with Crippen LogP contribution >= 0.6 is 12.4 Å². The number of amides is 1. The van der Waals surface area contributed by atoms with Crippen molar-refractivity contribution in [2.45, 2.75) is 56.9 Å². The highest BCUT2D eigenvalue weighted by atomic mass is 35.5. The third-order valence-corrected chi connectivity index (χ3v) is 6.12. The highest BCUT2D eigenvalue weighted by Crippen LogP contribution is 2.26. The molecule has 1 amide bonds. The Morgan fingerprint density at radius 2 is 1.85 bits per heavy atom. The predicted octanol–water partition coefficient (Wildman–Crippen LogP) is 1.21. The van der Waals surface area contributed by atoms with Crippen molar-refractivity contribution in [1.29, 1.82) is 0 Å². The van der Waals surface area contributed by atoms with Crippen LogP contribution in [0.1, 0.15) is 39.5 Å². The SMILES string of the molecule is CC(C(C)S(C)(=O)=O)N(C)C(=O)C1CCCC(N)C1.Cl. The van der Waals surface area contributed by atoms with E-state index in [-0.39, 0.29) is 36.3 Å². The zero-order valence-corrected chi connectivity index (χ0v) is 14.3. The van der Waals surface area contributed by atoms with Crippen LogP contribution in [0.15, 0.2) is 0 Å². The highest BCUT2D eigenvalue weighted by Gasteiger charge is 2.33. The normalized spacial score (nSPS) is 26.2. The fourth-order valence-electron chi connectivity index (χ4n) is 2.61. The van der Waals surface area contributed by atoms with Gasteiger partial charge < -0.3 is 10.6 Å². The van der Waals surface area contributed by atoms with E-state index in [0.29, 0.717) is 6.42 Å². The van der Waals surface area contributed by atoms with Crippen LogP contribution in [0.5, 0.6) is 0 Å². The number of carbonyl (C=O) groups excluding carboxylic acids is 1. The summed E-state index contributed by atoms with van der Waals surface area (Å²) in [5, 5.41) is -0.557. The van der Waals surface area contributed by atoms with Gasteiger partial charge in [0.05, 0.1) is 5.25 Å². The molecule has 1 fully saturated rings. The van der Waals surface area contributed by atoms with Crippen molar-refractivity contribution >= 4 is 28.2 Å². The molecular weight excluding hydrogens is 300 g/mol. The smallest absolute Gasteiger partial charge is 0.225 e. The van der Waals surface area contributed by atoms with Crippen LogP contribution in [0, 0.1) is 5.92 Å². The minimum absolute atomic E-state index is 0. The van der Waals surface area contributed by atoms with Crippen molar-refractivity contribution < 1.29 is 13.2 Å². The number of hydrogen-bond donors (Lipinski definition) is 1. The van der Waals surface area contributed by atoms with Gasteiger partial charge >= 0.3 is 0 Å². The van der Waals surface area contributed by atoms with E-state index in [9.17, 15) is 13.2 Å². The lowest BCUT2D eigenvalue weighted by atomic mass is 9.85. The first kappa shape index (κ1) is 19.7. The second-order valence-electron chi connectivity index (χ2n) is 5.85. The molecule has 1 saturated carbocycles. The number of carbonyl (C=O) groups is 1. The van der Waals surface area contributed by atoms with Gasteiger partial charge in [0, 0.05) is 31.3 Å². The molecule has 20 heavy (non-hydrogen) atoms. The van der Waals surface area contributed by atoms with Gasteiger partial charge in [-0.25, -0.2) is 8.42 Å². The zero-order chi connectivity index (χ0) is 14.8. The first-order valence-electron chi connectivity index (χ1n) is 6.85. The van der Waals surface area contributed by atoms with Crippen LogP contribution in [0.2, 0.25) is 0 Å². The minimum atomic E-state index is -3.14. The fourth-order valence-corrected chi connectivity index (χ4v) is 3.51. The van der Waals surface area contributed by atoms with Gasteiger partial charge in [-0.2, -0.15) is 0 Å². The van der Waals surface area contributed by atoms with E-state index in [4.69, 9.17) is 5.73 Å². The molecule has 0 aromatic heterocycles. The molecule has 0 radical (unpaired) electrons. The third kappa shape index (κ3) is 4.90. The second kappa shape index (κ2) is 7.61.